The summed E-state index contributed by atoms with van der Waals surface area (Å²) in [6, 6.07) is 1.70. The van der Waals surface area contributed by atoms with E-state index in [9.17, 15) is 4.79 Å². The van der Waals surface area contributed by atoms with Gasteiger partial charge in [-0.25, -0.2) is 4.98 Å². The first kappa shape index (κ1) is 11.4. The van der Waals surface area contributed by atoms with Gasteiger partial charge in [-0.15, -0.1) is 0 Å². The monoisotopic (exact) mass is 240 g/mol. The first-order valence-electron chi connectivity index (χ1n) is 5.17. The van der Waals surface area contributed by atoms with Crippen molar-refractivity contribution in [3.05, 3.63) is 28.5 Å². The number of amides is 1. The van der Waals surface area contributed by atoms with Crippen LogP contribution in [0.2, 0.25) is 5.15 Å². The van der Waals surface area contributed by atoms with Gasteiger partial charge >= 0.3 is 0 Å². The highest BCUT2D eigenvalue weighted by Gasteiger charge is 2.20. The van der Waals surface area contributed by atoms with Gasteiger partial charge in [0.05, 0.1) is 18.8 Å². The van der Waals surface area contributed by atoms with Crippen LogP contribution >= 0.6 is 11.6 Å². The summed E-state index contributed by atoms with van der Waals surface area (Å²) in [5.74, 6) is 0.00460. The van der Waals surface area contributed by atoms with Crippen LogP contribution < -0.4 is 0 Å². The van der Waals surface area contributed by atoms with Crippen molar-refractivity contribution in [1.29, 1.82) is 0 Å². The lowest BCUT2D eigenvalue weighted by molar-refractivity contribution is 0.0302. The van der Waals surface area contributed by atoms with E-state index < -0.39 is 0 Å². The third-order valence-electron chi connectivity index (χ3n) is 2.61. The second-order valence-corrected chi connectivity index (χ2v) is 4.11. The summed E-state index contributed by atoms with van der Waals surface area (Å²) in [6.45, 7) is 4.35. The molecule has 0 N–H and O–H groups in total. The molecule has 0 spiro atoms. The highest BCUT2D eigenvalue weighted by atomic mass is 35.5. The number of pyridine rings is 1. The zero-order chi connectivity index (χ0) is 11.5. The molecule has 2 rings (SSSR count). The molecule has 1 saturated heterocycles. The van der Waals surface area contributed by atoms with Crippen molar-refractivity contribution in [2.75, 3.05) is 26.3 Å². The van der Waals surface area contributed by atoms with Crippen molar-refractivity contribution < 1.29 is 9.53 Å². The van der Waals surface area contributed by atoms with Crippen LogP contribution in [0.3, 0.4) is 0 Å². The molecule has 0 bridgehead atoms. The van der Waals surface area contributed by atoms with Crippen molar-refractivity contribution >= 4 is 17.5 Å². The smallest absolute Gasteiger partial charge is 0.255 e. The molecule has 1 aliphatic heterocycles. The quantitative estimate of drug-likeness (QED) is 0.699. The molecule has 0 saturated carbocycles. The molecular formula is C11H13ClN2O2. The Morgan fingerprint density at radius 3 is 2.81 bits per heavy atom. The average molecular weight is 241 g/mol. The summed E-state index contributed by atoms with van der Waals surface area (Å²) in [4.78, 5) is 17.8. The van der Waals surface area contributed by atoms with Gasteiger partial charge in [-0.2, -0.15) is 0 Å². The summed E-state index contributed by atoms with van der Waals surface area (Å²) in [5, 5.41) is 0.413. The van der Waals surface area contributed by atoms with E-state index in [1.54, 1.807) is 11.0 Å². The normalized spacial score (nSPS) is 16.2. The van der Waals surface area contributed by atoms with Crippen molar-refractivity contribution in [3.8, 4) is 0 Å². The van der Waals surface area contributed by atoms with Crippen LogP contribution in [0.15, 0.2) is 12.3 Å². The SMILES string of the molecule is Cc1cc(Cl)ncc1C(=O)N1CCOCC1. The standard InChI is InChI=1S/C11H13ClN2O2/c1-8-6-10(12)13-7-9(8)11(15)14-2-4-16-5-3-14/h6-7H,2-5H2,1H3. The van der Waals surface area contributed by atoms with E-state index in [0.717, 1.165) is 5.56 Å². The van der Waals surface area contributed by atoms with Gasteiger partial charge in [0.15, 0.2) is 0 Å². The molecule has 0 atom stereocenters. The van der Waals surface area contributed by atoms with Crippen LogP contribution in [0.5, 0.6) is 0 Å². The molecule has 0 aromatic carbocycles. The third kappa shape index (κ3) is 2.33. The number of nitrogens with zero attached hydrogens (tertiary/aromatic N) is 2. The third-order valence-corrected chi connectivity index (χ3v) is 2.81. The van der Waals surface area contributed by atoms with E-state index in [4.69, 9.17) is 16.3 Å². The molecular weight excluding hydrogens is 228 g/mol. The molecule has 86 valence electrons. The number of aromatic nitrogens is 1. The zero-order valence-electron chi connectivity index (χ0n) is 9.07. The molecule has 1 amide bonds. The van der Waals surface area contributed by atoms with E-state index in [-0.39, 0.29) is 5.91 Å². The second kappa shape index (κ2) is 4.80. The van der Waals surface area contributed by atoms with Crippen LogP contribution in [0, 0.1) is 6.92 Å². The molecule has 1 aromatic rings. The van der Waals surface area contributed by atoms with Gasteiger partial charge in [0, 0.05) is 19.3 Å². The summed E-state index contributed by atoms with van der Waals surface area (Å²) >= 11 is 5.75. The second-order valence-electron chi connectivity index (χ2n) is 3.73. The van der Waals surface area contributed by atoms with Gasteiger partial charge < -0.3 is 9.64 Å². The van der Waals surface area contributed by atoms with Gasteiger partial charge in [-0.1, -0.05) is 11.6 Å². The number of hydrogen-bond acceptors (Lipinski definition) is 3. The van der Waals surface area contributed by atoms with E-state index in [1.807, 2.05) is 6.92 Å². The molecule has 0 aliphatic carbocycles. The minimum atomic E-state index is 0.00460. The molecule has 5 heteroatoms. The van der Waals surface area contributed by atoms with E-state index >= 15 is 0 Å². The van der Waals surface area contributed by atoms with E-state index in [1.165, 1.54) is 6.20 Å². The van der Waals surface area contributed by atoms with Crippen LogP contribution in [-0.4, -0.2) is 42.1 Å². The largest absolute Gasteiger partial charge is 0.378 e. The van der Waals surface area contributed by atoms with Crippen LogP contribution in [0.1, 0.15) is 15.9 Å². The topological polar surface area (TPSA) is 42.4 Å². The summed E-state index contributed by atoms with van der Waals surface area (Å²) in [6.07, 6.45) is 1.54. The lowest BCUT2D eigenvalue weighted by atomic mass is 10.1. The Balaban J connectivity index is 2.19. The molecule has 2 heterocycles. The maximum absolute atomic E-state index is 12.1. The summed E-state index contributed by atoms with van der Waals surface area (Å²) < 4.78 is 5.20. The summed E-state index contributed by atoms with van der Waals surface area (Å²) in [5.41, 5.74) is 1.47. The Labute approximate surface area is 99.2 Å². The van der Waals surface area contributed by atoms with Crippen LogP contribution in [0.4, 0.5) is 0 Å². The van der Waals surface area contributed by atoms with Crippen molar-refractivity contribution in [3.63, 3.8) is 0 Å². The number of ether oxygens (including phenoxy) is 1. The van der Waals surface area contributed by atoms with Gasteiger partial charge in [-0.05, 0) is 18.6 Å². The summed E-state index contributed by atoms with van der Waals surface area (Å²) in [7, 11) is 0. The first-order valence-corrected chi connectivity index (χ1v) is 5.55. The fourth-order valence-electron chi connectivity index (χ4n) is 1.68. The molecule has 4 nitrogen and oxygen atoms in total. The van der Waals surface area contributed by atoms with Crippen molar-refractivity contribution in [2.24, 2.45) is 0 Å². The maximum atomic E-state index is 12.1. The molecule has 16 heavy (non-hydrogen) atoms. The fourth-order valence-corrected chi connectivity index (χ4v) is 1.89. The Bertz CT molecular complexity index is 403. The first-order chi connectivity index (χ1) is 7.68. The highest BCUT2D eigenvalue weighted by molar-refractivity contribution is 6.29. The number of morpholine rings is 1. The van der Waals surface area contributed by atoms with E-state index in [2.05, 4.69) is 4.98 Å². The molecule has 1 fully saturated rings. The number of hydrogen-bond donors (Lipinski definition) is 0. The Morgan fingerprint density at radius 1 is 1.50 bits per heavy atom. The van der Waals surface area contributed by atoms with Crippen LogP contribution in [-0.2, 0) is 4.74 Å². The van der Waals surface area contributed by atoms with Crippen molar-refractivity contribution in [1.82, 2.24) is 9.88 Å². The molecule has 0 radical (unpaired) electrons. The van der Waals surface area contributed by atoms with Gasteiger partial charge in [0.25, 0.3) is 5.91 Å². The predicted octanol–water partition coefficient (Wildman–Crippen LogP) is 1.52. The van der Waals surface area contributed by atoms with Gasteiger partial charge in [-0.3, -0.25) is 4.79 Å². The van der Waals surface area contributed by atoms with E-state index in [0.29, 0.717) is 37.0 Å². The zero-order valence-corrected chi connectivity index (χ0v) is 9.83. The van der Waals surface area contributed by atoms with Crippen LogP contribution in [0.25, 0.3) is 0 Å². The Morgan fingerprint density at radius 2 is 2.19 bits per heavy atom. The number of aryl methyl sites for hydroxylation is 1. The fraction of sp³-hybridized carbons (Fsp3) is 0.455. The molecule has 1 aliphatic rings. The number of carbonyl (C=O) groups excluding carboxylic acids is 1. The number of halogens is 1. The number of carbonyl (C=O) groups is 1. The lowest BCUT2D eigenvalue weighted by Gasteiger charge is -2.27. The molecule has 1 aromatic heterocycles. The van der Waals surface area contributed by atoms with Gasteiger partial charge in [0.2, 0.25) is 0 Å². The Hall–Kier alpha value is -1.13. The lowest BCUT2D eigenvalue weighted by Crippen LogP contribution is -2.41. The molecule has 0 unspecified atom stereocenters. The predicted molar refractivity (Wildman–Crippen MR) is 60.7 cm³/mol. The Kier molecular flexibility index (Phi) is 3.41. The minimum absolute atomic E-state index is 0.00460. The number of rotatable bonds is 1. The average Bonchev–Trinajstić information content (AvgIpc) is 2.29. The van der Waals surface area contributed by atoms with Gasteiger partial charge in [0.1, 0.15) is 5.15 Å². The minimum Gasteiger partial charge on any atom is -0.378 e. The van der Waals surface area contributed by atoms with Crippen molar-refractivity contribution in [2.45, 2.75) is 6.92 Å². The highest BCUT2D eigenvalue weighted by Crippen LogP contribution is 2.14. The maximum Gasteiger partial charge on any atom is 0.255 e.